The van der Waals surface area contributed by atoms with Gasteiger partial charge in [-0.1, -0.05) is 12.1 Å². The Balaban J connectivity index is 2.26. The molecule has 2 N–H and O–H groups in total. The number of sulfone groups is 1. The minimum absolute atomic E-state index is 0.142. The van der Waals surface area contributed by atoms with Gasteiger partial charge in [0.25, 0.3) is 0 Å². The standard InChI is InChI=1S/C16H19N3O5S/c1-16(2,3)25(23,24)10-14(20)17-11-6-4-5-7-13(11)19-9-8-12(18-19)15(21)22/h4-9H,10H2,1-3H3,(H,17,20)(H,21,22). The third-order valence-corrected chi connectivity index (χ3v) is 6.00. The average molecular weight is 365 g/mol. The highest BCUT2D eigenvalue weighted by atomic mass is 32.2. The Bertz CT molecular complexity index is 910. The molecule has 0 spiro atoms. The minimum Gasteiger partial charge on any atom is -0.476 e. The highest BCUT2D eigenvalue weighted by Gasteiger charge is 2.31. The van der Waals surface area contributed by atoms with Gasteiger partial charge in [0.1, 0.15) is 5.75 Å². The van der Waals surface area contributed by atoms with E-state index in [1.165, 1.54) is 37.7 Å². The average Bonchev–Trinajstić information content (AvgIpc) is 2.95. The van der Waals surface area contributed by atoms with Crippen molar-refractivity contribution in [2.75, 3.05) is 11.1 Å². The lowest BCUT2D eigenvalue weighted by molar-refractivity contribution is -0.113. The van der Waals surface area contributed by atoms with Gasteiger partial charge in [0.15, 0.2) is 15.5 Å². The molecule has 0 aliphatic heterocycles. The number of hydrogen-bond donors (Lipinski definition) is 2. The number of anilines is 1. The number of carboxylic acid groups (broad SMARTS) is 1. The van der Waals surface area contributed by atoms with Crippen LogP contribution in [0.5, 0.6) is 0 Å². The molecule has 0 aliphatic rings. The lowest BCUT2D eigenvalue weighted by Crippen LogP contribution is -2.35. The number of carbonyl (C=O) groups excluding carboxylic acids is 1. The van der Waals surface area contributed by atoms with Crippen molar-refractivity contribution < 1.29 is 23.1 Å². The Morgan fingerprint density at radius 2 is 1.84 bits per heavy atom. The summed E-state index contributed by atoms with van der Waals surface area (Å²) in [6.07, 6.45) is 1.44. The van der Waals surface area contributed by atoms with E-state index in [2.05, 4.69) is 10.4 Å². The summed E-state index contributed by atoms with van der Waals surface area (Å²) < 4.78 is 24.5. The number of nitrogens with zero attached hydrogens (tertiary/aromatic N) is 2. The molecule has 0 saturated carbocycles. The molecule has 9 heteroatoms. The molecule has 0 aliphatic carbocycles. The van der Waals surface area contributed by atoms with Crippen molar-refractivity contribution in [3.63, 3.8) is 0 Å². The van der Waals surface area contributed by atoms with Gasteiger partial charge in [-0.05, 0) is 39.0 Å². The first-order valence-electron chi connectivity index (χ1n) is 7.42. The molecule has 1 aromatic heterocycles. The zero-order valence-corrected chi connectivity index (χ0v) is 14.9. The smallest absolute Gasteiger partial charge is 0.356 e. The van der Waals surface area contributed by atoms with Gasteiger partial charge in [-0.3, -0.25) is 4.79 Å². The summed E-state index contributed by atoms with van der Waals surface area (Å²) in [6.45, 7) is 4.59. The maximum Gasteiger partial charge on any atom is 0.356 e. The first-order valence-corrected chi connectivity index (χ1v) is 9.07. The number of para-hydroxylation sites is 2. The van der Waals surface area contributed by atoms with E-state index in [1.807, 2.05) is 0 Å². The maximum atomic E-state index is 12.2. The first kappa shape index (κ1) is 18.7. The summed E-state index contributed by atoms with van der Waals surface area (Å²) in [5, 5.41) is 15.4. The summed E-state index contributed by atoms with van der Waals surface area (Å²) in [6, 6.07) is 7.90. The minimum atomic E-state index is -3.61. The summed E-state index contributed by atoms with van der Waals surface area (Å²) >= 11 is 0. The number of benzene rings is 1. The first-order chi connectivity index (χ1) is 11.5. The third kappa shape index (κ3) is 4.24. The van der Waals surface area contributed by atoms with Crippen molar-refractivity contribution >= 4 is 27.4 Å². The maximum absolute atomic E-state index is 12.2. The summed E-state index contributed by atoms with van der Waals surface area (Å²) in [4.78, 5) is 23.1. The van der Waals surface area contributed by atoms with Gasteiger partial charge in [0.2, 0.25) is 5.91 Å². The SMILES string of the molecule is CC(C)(C)S(=O)(=O)CC(=O)Nc1ccccc1-n1ccc(C(=O)O)n1. The van der Waals surface area contributed by atoms with Crippen molar-refractivity contribution in [3.05, 3.63) is 42.2 Å². The molecule has 2 aromatic rings. The van der Waals surface area contributed by atoms with E-state index in [-0.39, 0.29) is 5.69 Å². The van der Waals surface area contributed by atoms with E-state index in [0.29, 0.717) is 11.4 Å². The predicted molar refractivity (Wildman–Crippen MR) is 92.7 cm³/mol. The van der Waals surface area contributed by atoms with E-state index >= 15 is 0 Å². The number of aromatic carboxylic acids is 1. The van der Waals surface area contributed by atoms with Crippen LogP contribution in [-0.2, 0) is 14.6 Å². The topological polar surface area (TPSA) is 118 Å². The molecule has 1 heterocycles. The fourth-order valence-corrected chi connectivity index (χ4v) is 2.78. The molecule has 0 radical (unpaired) electrons. The number of carboxylic acids is 1. The van der Waals surface area contributed by atoms with Crippen molar-refractivity contribution in [1.82, 2.24) is 9.78 Å². The van der Waals surface area contributed by atoms with Crippen LogP contribution in [0.3, 0.4) is 0 Å². The zero-order chi connectivity index (χ0) is 18.8. The lowest BCUT2D eigenvalue weighted by atomic mass is 10.2. The second-order valence-corrected chi connectivity index (χ2v) is 9.13. The van der Waals surface area contributed by atoms with Crippen LogP contribution in [0, 0.1) is 0 Å². The van der Waals surface area contributed by atoms with Gasteiger partial charge in [0.05, 0.1) is 16.1 Å². The van der Waals surface area contributed by atoms with Crippen LogP contribution in [0.1, 0.15) is 31.3 Å². The Labute approximate surface area is 145 Å². The largest absolute Gasteiger partial charge is 0.476 e. The Hall–Kier alpha value is -2.68. The number of carbonyl (C=O) groups is 2. The van der Waals surface area contributed by atoms with Crippen LogP contribution in [0.2, 0.25) is 0 Å². The summed E-state index contributed by atoms with van der Waals surface area (Å²) in [5.41, 5.74) is 0.615. The van der Waals surface area contributed by atoms with E-state index < -0.39 is 32.2 Å². The van der Waals surface area contributed by atoms with Crippen LogP contribution in [-0.4, -0.2) is 45.7 Å². The van der Waals surface area contributed by atoms with E-state index in [4.69, 9.17) is 5.11 Å². The summed E-state index contributed by atoms with van der Waals surface area (Å²) in [5.74, 6) is -2.49. The van der Waals surface area contributed by atoms with Crippen LogP contribution >= 0.6 is 0 Å². The molecule has 8 nitrogen and oxygen atoms in total. The highest BCUT2D eigenvalue weighted by molar-refractivity contribution is 7.93. The fraction of sp³-hybridized carbons (Fsp3) is 0.312. The van der Waals surface area contributed by atoms with Crippen LogP contribution in [0.25, 0.3) is 5.69 Å². The summed E-state index contributed by atoms with van der Waals surface area (Å²) in [7, 11) is -3.61. The molecule has 0 atom stereocenters. The quantitative estimate of drug-likeness (QED) is 0.833. The highest BCUT2D eigenvalue weighted by Crippen LogP contribution is 2.21. The molecule has 1 amide bonds. The third-order valence-electron chi connectivity index (χ3n) is 3.49. The van der Waals surface area contributed by atoms with Gasteiger partial charge in [0, 0.05) is 6.20 Å². The van der Waals surface area contributed by atoms with Crippen molar-refractivity contribution in [1.29, 1.82) is 0 Å². The molecule has 0 unspecified atom stereocenters. The van der Waals surface area contributed by atoms with Crippen LogP contribution in [0.15, 0.2) is 36.5 Å². The Morgan fingerprint density at radius 1 is 1.20 bits per heavy atom. The van der Waals surface area contributed by atoms with Crippen molar-refractivity contribution in [2.45, 2.75) is 25.5 Å². The number of nitrogens with one attached hydrogen (secondary N) is 1. The van der Waals surface area contributed by atoms with E-state index in [9.17, 15) is 18.0 Å². The normalized spacial score (nSPS) is 12.0. The second kappa shape index (κ2) is 6.67. The van der Waals surface area contributed by atoms with Gasteiger partial charge < -0.3 is 10.4 Å². The van der Waals surface area contributed by atoms with Gasteiger partial charge in [-0.15, -0.1) is 0 Å². The lowest BCUT2D eigenvalue weighted by Gasteiger charge is -2.19. The van der Waals surface area contributed by atoms with Crippen molar-refractivity contribution in [2.24, 2.45) is 0 Å². The second-order valence-electron chi connectivity index (χ2n) is 6.39. The number of hydrogen-bond acceptors (Lipinski definition) is 5. The molecule has 2 rings (SSSR count). The number of rotatable bonds is 5. The molecule has 25 heavy (non-hydrogen) atoms. The monoisotopic (exact) mass is 365 g/mol. The van der Waals surface area contributed by atoms with E-state index in [0.717, 1.165) is 0 Å². The Morgan fingerprint density at radius 3 is 2.40 bits per heavy atom. The Kier molecular flexibility index (Phi) is 4.98. The van der Waals surface area contributed by atoms with Crippen molar-refractivity contribution in [3.8, 4) is 5.69 Å². The fourth-order valence-electron chi connectivity index (χ4n) is 1.93. The molecular formula is C16H19N3O5S. The predicted octanol–water partition coefficient (Wildman–Crippen LogP) is 1.72. The molecule has 1 aromatic carbocycles. The van der Waals surface area contributed by atoms with Crippen LogP contribution < -0.4 is 5.32 Å². The van der Waals surface area contributed by atoms with Gasteiger partial charge in [-0.25, -0.2) is 17.9 Å². The van der Waals surface area contributed by atoms with Crippen LogP contribution in [0.4, 0.5) is 5.69 Å². The number of amides is 1. The van der Waals surface area contributed by atoms with Gasteiger partial charge >= 0.3 is 5.97 Å². The van der Waals surface area contributed by atoms with E-state index in [1.54, 1.807) is 24.3 Å². The molecule has 0 fully saturated rings. The van der Waals surface area contributed by atoms with Gasteiger partial charge in [-0.2, -0.15) is 5.10 Å². The number of aromatic nitrogens is 2. The molecular weight excluding hydrogens is 346 g/mol. The molecule has 0 bridgehead atoms. The molecule has 0 saturated heterocycles. The molecule has 134 valence electrons. The zero-order valence-electron chi connectivity index (χ0n) is 14.1.